The van der Waals surface area contributed by atoms with Crippen LogP contribution in [0.3, 0.4) is 0 Å². The predicted octanol–water partition coefficient (Wildman–Crippen LogP) is 2.44. The second kappa shape index (κ2) is 5.62. The van der Waals surface area contributed by atoms with Gasteiger partial charge in [0.05, 0.1) is 10.5 Å². The molecular weight excluding hydrogens is 244 g/mol. The number of rotatable bonds is 5. The van der Waals surface area contributed by atoms with Crippen molar-refractivity contribution in [1.29, 1.82) is 0 Å². The van der Waals surface area contributed by atoms with Gasteiger partial charge in [-0.05, 0) is 5.92 Å². The summed E-state index contributed by atoms with van der Waals surface area (Å²) < 4.78 is 0. The fourth-order valence-corrected chi connectivity index (χ4v) is 1.94. The van der Waals surface area contributed by atoms with E-state index in [9.17, 15) is 14.9 Å². The van der Waals surface area contributed by atoms with E-state index in [1.54, 1.807) is 0 Å². The maximum Gasteiger partial charge on any atom is 0.337 e. The highest BCUT2D eigenvalue weighted by Crippen LogP contribution is 2.28. The Hall–Kier alpha value is -1.63. The first kappa shape index (κ1) is 13.4. The molecule has 0 aliphatic rings. The summed E-state index contributed by atoms with van der Waals surface area (Å²) >= 11 is 1.26. The number of carbonyl (C=O) groups is 1. The van der Waals surface area contributed by atoms with Crippen LogP contribution in [0.25, 0.3) is 0 Å². The molecule has 1 aromatic heterocycles. The molecule has 1 N–H and O–H groups in total. The van der Waals surface area contributed by atoms with Crippen molar-refractivity contribution >= 4 is 23.4 Å². The van der Waals surface area contributed by atoms with E-state index in [-0.39, 0.29) is 16.3 Å². The molecule has 0 radical (unpaired) electrons. The summed E-state index contributed by atoms with van der Waals surface area (Å²) in [4.78, 5) is 24.7. The van der Waals surface area contributed by atoms with Crippen molar-refractivity contribution in [2.75, 3.05) is 5.75 Å². The lowest BCUT2D eigenvalue weighted by molar-refractivity contribution is -0.388. The molecule has 1 heterocycles. The van der Waals surface area contributed by atoms with Crippen LogP contribution in [0.15, 0.2) is 17.3 Å². The maximum atomic E-state index is 10.8. The lowest BCUT2D eigenvalue weighted by Gasteiger charge is -2.04. The zero-order valence-corrected chi connectivity index (χ0v) is 10.2. The van der Waals surface area contributed by atoms with Crippen molar-refractivity contribution in [2.24, 2.45) is 5.92 Å². The summed E-state index contributed by atoms with van der Waals surface area (Å²) in [5.74, 6) is -0.151. The Labute approximate surface area is 102 Å². The van der Waals surface area contributed by atoms with Crippen LogP contribution < -0.4 is 0 Å². The van der Waals surface area contributed by atoms with Gasteiger partial charge in [0.2, 0.25) is 0 Å². The Morgan fingerprint density at radius 2 is 2.29 bits per heavy atom. The van der Waals surface area contributed by atoms with Crippen LogP contribution in [0.5, 0.6) is 0 Å². The monoisotopic (exact) mass is 256 g/mol. The largest absolute Gasteiger partial charge is 0.478 e. The van der Waals surface area contributed by atoms with Gasteiger partial charge in [0.1, 0.15) is 0 Å². The van der Waals surface area contributed by atoms with E-state index in [4.69, 9.17) is 5.11 Å². The topological polar surface area (TPSA) is 93.3 Å². The van der Waals surface area contributed by atoms with Crippen LogP contribution in [0.4, 0.5) is 5.69 Å². The van der Waals surface area contributed by atoms with Crippen LogP contribution in [-0.2, 0) is 0 Å². The summed E-state index contributed by atoms with van der Waals surface area (Å²) in [6.45, 7) is 3.98. The first-order chi connectivity index (χ1) is 7.91. The van der Waals surface area contributed by atoms with Crippen molar-refractivity contribution in [3.05, 3.63) is 27.9 Å². The first-order valence-corrected chi connectivity index (χ1v) is 5.91. The number of thioether (sulfide) groups is 1. The van der Waals surface area contributed by atoms with E-state index in [1.165, 1.54) is 11.8 Å². The molecule has 0 atom stereocenters. The Kier molecular flexibility index (Phi) is 4.45. The minimum Gasteiger partial charge on any atom is -0.478 e. The molecule has 0 aliphatic heterocycles. The number of hydrogen-bond acceptors (Lipinski definition) is 5. The average molecular weight is 256 g/mol. The first-order valence-electron chi connectivity index (χ1n) is 4.92. The summed E-state index contributed by atoms with van der Waals surface area (Å²) in [6.07, 6.45) is 1.14. The van der Waals surface area contributed by atoms with E-state index in [2.05, 4.69) is 4.98 Å². The molecule has 0 bridgehead atoms. The Bertz CT molecular complexity index is 448. The molecule has 0 aromatic carbocycles. The number of nitro groups is 1. The van der Waals surface area contributed by atoms with Gasteiger partial charge in [-0.15, -0.1) is 0 Å². The van der Waals surface area contributed by atoms with Crippen molar-refractivity contribution in [3.63, 3.8) is 0 Å². The second-order valence-electron chi connectivity index (χ2n) is 3.82. The van der Waals surface area contributed by atoms with Crippen molar-refractivity contribution in [1.82, 2.24) is 4.98 Å². The van der Waals surface area contributed by atoms with E-state index in [0.29, 0.717) is 11.7 Å². The van der Waals surface area contributed by atoms with Crippen molar-refractivity contribution in [2.45, 2.75) is 18.9 Å². The molecule has 7 heteroatoms. The molecule has 0 saturated heterocycles. The molecule has 0 amide bonds. The molecule has 1 rings (SSSR count). The van der Waals surface area contributed by atoms with E-state index >= 15 is 0 Å². The molecular formula is C10H12N2O4S. The summed E-state index contributed by atoms with van der Waals surface area (Å²) in [7, 11) is 0. The Morgan fingerprint density at radius 1 is 1.65 bits per heavy atom. The third kappa shape index (κ3) is 3.70. The third-order valence-corrected chi connectivity index (χ3v) is 3.25. The van der Waals surface area contributed by atoms with Gasteiger partial charge >= 0.3 is 11.7 Å². The SMILES string of the molecule is CC(C)CSc1ncc(C(=O)O)cc1[N+](=O)[O-]. The van der Waals surface area contributed by atoms with Gasteiger partial charge in [-0.2, -0.15) is 0 Å². The molecule has 0 unspecified atom stereocenters. The Balaban J connectivity index is 3.04. The number of carboxylic acid groups (broad SMARTS) is 1. The van der Waals surface area contributed by atoms with Crippen LogP contribution >= 0.6 is 11.8 Å². The van der Waals surface area contributed by atoms with Crippen molar-refractivity contribution < 1.29 is 14.8 Å². The van der Waals surface area contributed by atoms with Gasteiger partial charge in [0, 0.05) is 18.0 Å². The zero-order chi connectivity index (χ0) is 13.0. The highest BCUT2D eigenvalue weighted by Gasteiger charge is 2.19. The summed E-state index contributed by atoms with van der Waals surface area (Å²) in [5, 5.41) is 19.8. The number of aromatic carboxylic acids is 1. The number of aromatic nitrogens is 1. The zero-order valence-electron chi connectivity index (χ0n) is 9.41. The lowest BCUT2D eigenvalue weighted by Crippen LogP contribution is -2.02. The molecule has 0 spiro atoms. The van der Waals surface area contributed by atoms with Gasteiger partial charge in [-0.3, -0.25) is 10.1 Å². The maximum absolute atomic E-state index is 10.8. The second-order valence-corrected chi connectivity index (χ2v) is 4.82. The lowest BCUT2D eigenvalue weighted by atomic mass is 10.3. The highest BCUT2D eigenvalue weighted by molar-refractivity contribution is 7.99. The van der Waals surface area contributed by atoms with E-state index < -0.39 is 10.9 Å². The predicted molar refractivity (Wildman–Crippen MR) is 63.4 cm³/mol. The fourth-order valence-electron chi connectivity index (χ4n) is 1.05. The third-order valence-electron chi connectivity index (χ3n) is 1.83. The van der Waals surface area contributed by atoms with Crippen LogP contribution in [0.2, 0.25) is 0 Å². The fraction of sp³-hybridized carbons (Fsp3) is 0.400. The van der Waals surface area contributed by atoms with Crippen LogP contribution in [-0.4, -0.2) is 26.7 Å². The summed E-state index contributed by atoms with van der Waals surface area (Å²) in [6, 6.07) is 1.04. The number of nitrogens with zero attached hydrogens (tertiary/aromatic N) is 2. The molecule has 17 heavy (non-hydrogen) atoms. The van der Waals surface area contributed by atoms with Gasteiger partial charge in [0.15, 0.2) is 5.03 Å². The molecule has 0 aliphatic carbocycles. The minimum atomic E-state index is -1.22. The number of pyridine rings is 1. The quantitative estimate of drug-likeness (QED) is 0.494. The van der Waals surface area contributed by atoms with Gasteiger partial charge in [-0.25, -0.2) is 9.78 Å². The van der Waals surface area contributed by atoms with E-state index in [0.717, 1.165) is 12.3 Å². The Morgan fingerprint density at radius 3 is 2.76 bits per heavy atom. The van der Waals surface area contributed by atoms with Crippen molar-refractivity contribution in [3.8, 4) is 0 Å². The number of carboxylic acids is 1. The minimum absolute atomic E-state index is 0.175. The molecule has 1 aromatic rings. The highest BCUT2D eigenvalue weighted by atomic mass is 32.2. The molecule has 0 fully saturated rings. The molecule has 6 nitrogen and oxygen atoms in total. The standard InChI is InChI=1S/C10H12N2O4S/c1-6(2)5-17-9-8(12(15)16)3-7(4-11-9)10(13)14/h3-4,6H,5H2,1-2H3,(H,13,14). The number of hydrogen-bond donors (Lipinski definition) is 1. The van der Waals surface area contributed by atoms with Gasteiger partial charge in [-0.1, -0.05) is 25.6 Å². The average Bonchev–Trinajstić information content (AvgIpc) is 2.25. The molecule has 92 valence electrons. The normalized spacial score (nSPS) is 10.5. The van der Waals surface area contributed by atoms with Gasteiger partial charge in [0.25, 0.3) is 0 Å². The smallest absolute Gasteiger partial charge is 0.337 e. The van der Waals surface area contributed by atoms with Crippen LogP contribution in [0.1, 0.15) is 24.2 Å². The molecule has 0 saturated carbocycles. The van der Waals surface area contributed by atoms with Gasteiger partial charge < -0.3 is 5.11 Å². The summed E-state index contributed by atoms with van der Waals surface area (Å²) in [5.41, 5.74) is -0.429. The van der Waals surface area contributed by atoms with E-state index in [1.807, 2.05) is 13.8 Å². The van der Waals surface area contributed by atoms with Crippen LogP contribution in [0, 0.1) is 16.0 Å².